The molecule has 2 amide bonds. The van der Waals surface area contributed by atoms with Crippen LogP contribution in [0.4, 0.5) is 0 Å². The topological polar surface area (TPSA) is 81.2 Å². The van der Waals surface area contributed by atoms with Crippen molar-refractivity contribution in [1.29, 1.82) is 0 Å². The molecule has 3 heterocycles. The molecule has 2 fully saturated rings. The molecule has 6 nitrogen and oxygen atoms in total. The molecule has 0 radical (unpaired) electrons. The lowest BCUT2D eigenvalue weighted by Crippen LogP contribution is -2.33. The standard InChI is InChI=1S/C21H22N4O2S/c22-20(27)18-10-9-17(28-18)16-6-3-11-24(16)19(26)12-25-15-5-2-1-4-14(15)23-21(25)13-7-8-13/h1-2,4-5,9-10,13,16H,3,6-8,11-12H2,(H2,22,27)/t16-/m0/s1. The van der Waals surface area contributed by atoms with Crippen LogP contribution in [0.25, 0.3) is 11.0 Å². The van der Waals surface area contributed by atoms with Crippen LogP contribution in [0.2, 0.25) is 0 Å². The Morgan fingerprint density at radius 1 is 1.14 bits per heavy atom. The molecule has 1 saturated heterocycles. The van der Waals surface area contributed by atoms with Crippen molar-refractivity contribution in [2.24, 2.45) is 5.73 Å². The molecule has 3 aromatic rings. The van der Waals surface area contributed by atoms with E-state index in [1.165, 1.54) is 11.3 Å². The molecule has 1 atom stereocenters. The molecule has 0 bridgehead atoms. The van der Waals surface area contributed by atoms with Crippen molar-refractivity contribution in [3.8, 4) is 0 Å². The minimum atomic E-state index is -0.411. The zero-order chi connectivity index (χ0) is 19.3. The van der Waals surface area contributed by atoms with Crippen LogP contribution in [0.3, 0.4) is 0 Å². The summed E-state index contributed by atoms with van der Waals surface area (Å²) in [5.74, 6) is 1.22. The number of thiophene rings is 1. The van der Waals surface area contributed by atoms with Crippen LogP contribution in [0.1, 0.15) is 58.0 Å². The maximum Gasteiger partial charge on any atom is 0.258 e. The van der Waals surface area contributed by atoms with Crippen LogP contribution in [-0.2, 0) is 11.3 Å². The van der Waals surface area contributed by atoms with Crippen LogP contribution >= 0.6 is 11.3 Å². The molecule has 2 N–H and O–H groups in total. The van der Waals surface area contributed by atoms with Crippen LogP contribution < -0.4 is 5.73 Å². The number of hydrogen-bond donors (Lipinski definition) is 1. The molecular formula is C21H22N4O2S. The van der Waals surface area contributed by atoms with Crippen molar-refractivity contribution >= 4 is 34.2 Å². The molecule has 7 heteroatoms. The molecule has 0 unspecified atom stereocenters. The monoisotopic (exact) mass is 394 g/mol. The van der Waals surface area contributed by atoms with Gasteiger partial charge >= 0.3 is 0 Å². The summed E-state index contributed by atoms with van der Waals surface area (Å²) in [5, 5.41) is 0. The highest BCUT2D eigenvalue weighted by Gasteiger charge is 2.34. The van der Waals surface area contributed by atoms with E-state index in [-0.39, 0.29) is 11.9 Å². The summed E-state index contributed by atoms with van der Waals surface area (Å²) < 4.78 is 2.11. The van der Waals surface area contributed by atoms with Gasteiger partial charge in [-0.2, -0.15) is 0 Å². The Morgan fingerprint density at radius 3 is 2.71 bits per heavy atom. The molecule has 28 heavy (non-hydrogen) atoms. The fourth-order valence-corrected chi connectivity index (χ4v) is 5.17. The van der Waals surface area contributed by atoms with Crippen LogP contribution in [-0.4, -0.2) is 32.8 Å². The normalized spacial score (nSPS) is 19.4. The van der Waals surface area contributed by atoms with Gasteiger partial charge in [0, 0.05) is 17.3 Å². The molecule has 1 aromatic carbocycles. The summed E-state index contributed by atoms with van der Waals surface area (Å²) in [6.07, 6.45) is 4.19. The number of aromatic nitrogens is 2. The molecular weight excluding hydrogens is 372 g/mol. The van der Waals surface area contributed by atoms with Crippen molar-refractivity contribution in [2.75, 3.05) is 6.54 Å². The number of nitrogens with zero attached hydrogens (tertiary/aromatic N) is 3. The number of fused-ring (bicyclic) bond motifs is 1. The van der Waals surface area contributed by atoms with Crippen LogP contribution in [0.15, 0.2) is 36.4 Å². The summed E-state index contributed by atoms with van der Waals surface area (Å²) in [4.78, 5) is 33.0. The predicted octanol–water partition coefficient (Wildman–Crippen LogP) is 3.44. The Kier molecular flexibility index (Phi) is 4.19. The average molecular weight is 395 g/mol. The van der Waals surface area contributed by atoms with Gasteiger partial charge in [-0.1, -0.05) is 12.1 Å². The van der Waals surface area contributed by atoms with Crippen molar-refractivity contribution in [1.82, 2.24) is 14.5 Å². The maximum atomic E-state index is 13.3. The minimum absolute atomic E-state index is 0.0322. The first-order valence-corrected chi connectivity index (χ1v) is 10.6. The fraction of sp³-hybridized carbons (Fsp3) is 0.381. The zero-order valence-corrected chi connectivity index (χ0v) is 16.3. The summed E-state index contributed by atoms with van der Waals surface area (Å²) in [7, 11) is 0. The van der Waals surface area contributed by atoms with Crippen molar-refractivity contribution in [2.45, 2.75) is 44.2 Å². The quantitative estimate of drug-likeness (QED) is 0.720. The van der Waals surface area contributed by atoms with Crippen molar-refractivity contribution < 1.29 is 9.59 Å². The van der Waals surface area contributed by atoms with Gasteiger partial charge in [-0.05, 0) is 49.9 Å². The van der Waals surface area contributed by atoms with E-state index >= 15 is 0 Å². The molecule has 1 saturated carbocycles. The lowest BCUT2D eigenvalue weighted by Gasteiger charge is -2.24. The molecule has 5 rings (SSSR count). The summed E-state index contributed by atoms with van der Waals surface area (Å²) in [6, 6.07) is 11.8. The van der Waals surface area contributed by atoms with E-state index < -0.39 is 5.91 Å². The fourth-order valence-electron chi connectivity index (χ4n) is 4.16. The van der Waals surface area contributed by atoms with Gasteiger partial charge < -0.3 is 15.2 Å². The number of rotatable bonds is 5. The number of likely N-dealkylation sites (tertiary alicyclic amines) is 1. The summed E-state index contributed by atoms with van der Waals surface area (Å²) >= 11 is 1.40. The first-order valence-electron chi connectivity index (χ1n) is 9.76. The first-order chi connectivity index (χ1) is 13.6. The lowest BCUT2D eigenvalue weighted by molar-refractivity contribution is -0.132. The van der Waals surface area contributed by atoms with Gasteiger partial charge in [0.15, 0.2) is 0 Å². The largest absolute Gasteiger partial charge is 0.365 e. The number of hydrogen-bond acceptors (Lipinski definition) is 4. The van der Waals surface area contributed by atoms with Crippen LogP contribution in [0.5, 0.6) is 0 Å². The first kappa shape index (κ1) is 17.4. The average Bonchev–Trinajstić information content (AvgIpc) is 3.11. The van der Waals surface area contributed by atoms with Crippen LogP contribution in [0, 0.1) is 0 Å². The number of imidazole rings is 1. The molecule has 144 valence electrons. The van der Waals surface area contributed by atoms with E-state index in [1.807, 2.05) is 35.2 Å². The smallest absolute Gasteiger partial charge is 0.258 e. The van der Waals surface area contributed by atoms with E-state index in [0.717, 1.165) is 54.0 Å². The van der Waals surface area contributed by atoms with Crippen molar-refractivity contribution in [3.05, 3.63) is 52.0 Å². The number of para-hydroxylation sites is 2. The molecule has 2 aromatic heterocycles. The van der Waals surface area contributed by atoms with E-state index in [1.54, 1.807) is 6.07 Å². The van der Waals surface area contributed by atoms with E-state index in [2.05, 4.69) is 4.57 Å². The second-order valence-electron chi connectivity index (χ2n) is 7.63. The highest BCUT2D eigenvalue weighted by atomic mass is 32.1. The third-order valence-electron chi connectivity index (χ3n) is 5.69. The SMILES string of the molecule is NC(=O)c1ccc([C@@H]2CCCN2C(=O)Cn2c(C3CC3)nc3ccccc32)s1. The summed E-state index contributed by atoms with van der Waals surface area (Å²) in [5.41, 5.74) is 7.38. The lowest BCUT2D eigenvalue weighted by atomic mass is 10.2. The number of nitrogens with two attached hydrogens (primary N) is 1. The van der Waals surface area contributed by atoms with E-state index in [4.69, 9.17) is 10.7 Å². The summed E-state index contributed by atoms with van der Waals surface area (Å²) in [6.45, 7) is 1.07. The number of primary amides is 1. The Bertz CT molecular complexity index is 1070. The Labute approximate surface area is 167 Å². The van der Waals surface area contributed by atoms with Gasteiger partial charge in [-0.25, -0.2) is 4.98 Å². The molecule has 2 aliphatic rings. The van der Waals surface area contributed by atoms with Gasteiger partial charge in [0.05, 0.1) is 22.0 Å². The Morgan fingerprint density at radius 2 is 1.96 bits per heavy atom. The number of carbonyl (C=O) groups excluding carboxylic acids is 2. The Balaban J connectivity index is 1.43. The maximum absolute atomic E-state index is 13.3. The number of carbonyl (C=O) groups is 2. The third-order valence-corrected chi connectivity index (χ3v) is 6.89. The second-order valence-corrected chi connectivity index (χ2v) is 8.75. The zero-order valence-electron chi connectivity index (χ0n) is 15.5. The second kappa shape index (κ2) is 6.74. The van der Waals surface area contributed by atoms with E-state index in [0.29, 0.717) is 17.3 Å². The Hall–Kier alpha value is -2.67. The van der Waals surface area contributed by atoms with Gasteiger partial charge in [0.1, 0.15) is 12.4 Å². The molecule has 0 spiro atoms. The van der Waals surface area contributed by atoms with Crippen molar-refractivity contribution in [3.63, 3.8) is 0 Å². The molecule has 1 aliphatic heterocycles. The predicted molar refractivity (Wildman–Crippen MR) is 108 cm³/mol. The highest BCUT2D eigenvalue weighted by Crippen LogP contribution is 2.41. The number of benzene rings is 1. The number of amides is 2. The highest BCUT2D eigenvalue weighted by molar-refractivity contribution is 7.14. The molecule has 1 aliphatic carbocycles. The minimum Gasteiger partial charge on any atom is -0.365 e. The third kappa shape index (κ3) is 2.99. The van der Waals surface area contributed by atoms with E-state index in [9.17, 15) is 9.59 Å². The van der Waals surface area contributed by atoms with Gasteiger partial charge in [0.2, 0.25) is 5.91 Å². The van der Waals surface area contributed by atoms with Gasteiger partial charge in [-0.3, -0.25) is 9.59 Å². The van der Waals surface area contributed by atoms with Gasteiger partial charge in [-0.15, -0.1) is 11.3 Å². The van der Waals surface area contributed by atoms with Gasteiger partial charge in [0.25, 0.3) is 5.91 Å².